The second-order valence-corrected chi connectivity index (χ2v) is 3.13. The lowest BCUT2D eigenvalue weighted by molar-refractivity contribution is 0.0652. The molecule has 0 saturated heterocycles. The second-order valence-electron chi connectivity index (χ2n) is 2.25. The van der Waals surface area contributed by atoms with Gasteiger partial charge in [-0.2, -0.15) is 0 Å². The number of hydrogen-bond donors (Lipinski definition) is 1. The van der Waals surface area contributed by atoms with Gasteiger partial charge in [-0.25, -0.2) is 4.79 Å². The summed E-state index contributed by atoms with van der Waals surface area (Å²) in [5, 5.41) is 12.1. The van der Waals surface area contributed by atoms with Crippen LogP contribution in [0.4, 0.5) is 0 Å². The van der Waals surface area contributed by atoms with E-state index in [1.807, 2.05) is 0 Å². The van der Waals surface area contributed by atoms with Crippen LogP contribution >= 0.6 is 11.3 Å². The predicted molar refractivity (Wildman–Crippen MR) is 44.6 cm³/mol. The molecule has 13 heavy (non-hydrogen) atoms. The molecule has 66 valence electrons. The first-order valence-corrected chi connectivity index (χ1v) is 4.24. The first-order valence-electron chi connectivity index (χ1n) is 3.36. The van der Waals surface area contributed by atoms with E-state index in [0.29, 0.717) is 5.69 Å². The van der Waals surface area contributed by atoms with Crippen LogP contribution in [0.5, 0.6) is 0 Å². The molecule has 6 heteroatoms. The molecular formula is C7H4N2O3S. The maximum Gasteiger partial charge on any atom is 0.374 e. The summed E-state index contributed by atoms with van der Waals surface area (Å²) in [5.74, 6) is -1.29. The van der Waals surface area contributed by atoms with E-state index < -0.39 is 5.97 Å². The Kier molecular flexibility index (Phi) is 1.82. The average molecular weight is 196 g/mol. The predicted octanol–water partition coefficient (Wildman–Crippen LogP) is 1.50. The number of aromatic carboxylic acids is 1. The molecule has 1 N–H and O–H groups in total. The van der Waals surface area contributed by atoms with E-state index in [2.05, 4.69) is 14.7 Å². The molecule has 2 aromatic rings. The molecule has 5 nitrogen and oxygen atoms in total. The minimum absolute atomic E-state index is 0.164. The quantitative estimate of drug-likeness (QED) is 0.787. The standard InChI is InChI=1S/C7H4N2O3S/c10-7(11)5-1-4(9-12-5)6-2-8-3-13-6/h1-3H,(H,10,11). The third-order valence-electron chi connectivity index (χ3n) is 1.41. The molecule has 0 fully saturated rings. The first kappa shape index (κ1) is 7.93. The van der Waals surface area contributed by atoms with Gasteiger partial charge in [-0.3, -0.25) is 4.98 Å². The van der Waals surface area contributed by atoms with E-state index in [1.54, 1.807) is 11.7 Å². The molecule has 0 spiro atoms. The third-order valence-corrected chi connectivity index (χ3v) is 2.20. The van der Waals surface area contributed by atoms with Crippen LogP contribution in [-0.2, 0) is 0 Å². The fourth-order valence-corrected chi connectivity index (χ4v) is 1.41. The van der Waals surface area contributed by atoms with Crippen LogP contribution in [0, 0.1) is 0 Å². The fourth-order valence-electron chi connectivity index (χ4n) is 0.834. The van der Waals surface area contributed by atoms with Gasteiger partial charge in [-0.15, -0.1) is 11.3 Å². The van der Waals surface area contributed by atoms with E-state index in [0.717, 1.165) is 4.88 Å². The monoisotopic (exact) mass is 196 g/mol. The van der Waals surface area contributed by atoms with Gasteiger partial charge in [0.1, 0.15) is 5.69 Å². The highest BCUT2D eigenvalue weighted by Gasteiger charge is 2.12. The minimum atomic E-state index is -1.12. The maximum atomic E-state index is 10.4. The Hall–Kier alpha value is -1.69. The van der Waals surface area contributed by atoms with Crippen molar-refractivity contribution in [3.05, 3.63) is 23.5 Å². The number of hydrogen-bond acceptors (Lipinski definition) is 5. The van der Waals surface area contributed by atoms with Crippen molar-refractivity contribution in [1.29, 1.82) is 0 Å². The number of rotatable bonds is 2. The van der Waals surface area contributed by atoms with Crippen molar-refractivity contribution in [2.45, 2.75) is 0 Å². The number of aromatic nitrogens is 2. The molecule has 2 heterocycles. The molecule has 0 aliphatic carbocycles. The van der Waals surface area contributed by atoms with E-state index in [-0.39, 0.29) is 5.76 Å². The number of nitrogens with zero attached hydrogens (tertiary/aromatic N) is 2. The molecule has 0 aliphatic heterocycles. The Morgan fingerprint density at radius 1 is 1.62 bits per heavy atom. The zero-order chi connectivity index (χ0) is 9.26. The van der Waals surface area contributed by atoms with Crippen LogP contribution in [0.3, 0.4) is 0 Å². The van der Waals surface area contributed by atoms with Gasteiger partial charge in [-0.1, -0.05) is 5.16 Å². The van der Waals surface area contributed by atoms with Crippen molar-refractivity contribution in [2.24, 2.45) is 0 Å². The molecule has 0 unspecified atom stereocenters. The zero-order valence-electron chi connectivity index (χ0n) is 6.30. The fraction of sp³-hybridized carbons (Fsp3) is 0. The number of carboxylic acids is 1. The van der Waals surface area contributed by atoms with Gasteiger partial charge in [0.25, 0.3) is 0 Å². The van der Waals surface area contributed by atoms with Crippen LogP contribution in [0.1, 0.15) is 10.6 Å². The third kappa shape index (κ3) is 1.43. The summed E-state index contributed by atoms with van der Waals surface area (Å²) in [5.41, 5.74) is 2.14. The number of thiazole rings is 1. The summed E-state index contributed by atoms with van der Waals surface area (Å²) in [7, 11) is 0. The van der Waals surface area contributed by atoms with Crippen molar-refractivity contribution in [2.75, 3.05) is 0 Å². The molecule has 0 radical (unpaired) electrons. The maximum absolute atomic E-state index is 10.4. The molecule has 2 rings (SSSR count). The highest BCUT2D eigenvalue weighted by Crippen LogP contribution is 2.22. The van der Waals surface area contributed by atoms with Crippen molar-refractivity contribution in [1.82, 2.24) is 10.1 Å². The summed E-state index contributed by atoms with van der Waals surface area (Å²) in [6.45, 7) is 0. The van der Waals surface area contributed by atoms with Gasteiger partial charge in [0.15, 0.2) is 0 Å². The van der Waals surface area contributed by atoms with Gasteiger partial charge in [0.05, 0.1) is 10.4 Å². The summed E-state index contributed by atoms with van der Waals surface area (Å²) in [6, 6.07) is 1.37. The lowest BCUT2D eigenvalue weighted by Crippen LogP contribution is -1.91. The van der Waals surface area contributed by atoms with Crippen LogP contribution in [0.15, 0.2) is 22.3 Å². The van der Waals surface area contributed by atoms with Crippen LogP contribution < -0.4 is 0 Å². The lowest BCUT2D eigenvalue weighted by Gasteiger charge is -1.80. The van der Waals surface area contributed by atoms with E-state index >= 15 is 0 Å². The second kappa shape index (κ2) is 2.98. The van der Waals surface area contributed by atoms with Crippen molar-refractivity contribution >= 4 is 17.3 Å². The molecule has 0 aromatic carbocycles. The molecule has 0 amide bonds. The Morgan fingerprint density at radius 2 is 2.46 bits per heavy atom. The minimum Gasteiger partial charge on any atom is -0.475 e. The van der Waals surface area contributed by atoms with E-state index in [4.69, 9.17) is 5.11 Å². The molecular weight excluding hydrogens is 192 g/mol. The van der Waals surface area contributed by atoms with Crippen molar-refractivity contribution < 1.29 is 14.4 Å². The van der Waals surface area contributed by atoms with Gasteiger partial charge in [0.2, 0.25) is 5.76 Å². The highest BCUT2D eigenvalue weighted by molar-refractivity contribution is 7.13. The molecule has 2 aromatic heterocycles. The van der Waals surface area contributed by atoms with Gasteiger partial charge in [-0.05, 0) is 0 Å². The Bertz CT molecular complexity index is 421. The van der Waals surface area contributed by atoms with Crippen molar-refractivity contribution in [3.63, 3.8) is 0 Å². The Labute approximate surface area is 76.6 Å². The molecule has 0 atom stereocenters. The Morgan fingerprint density at radius 3 is 3.00 bits per heavy atom. The molecule has 0 saturated carbocycles. The van der Waals surface area contributed by atoms with Crippen molar-refractivity contribution in [3.8, 4) is 10.6 Å². The first-order chi connectivity index (χ1) is 6.27. The summed E-state index contributed by atoms with van der Waals surface area (Å²) in [4.78, 5) is 15.1. The van der Waals surface area contributed by atoms with Gasteiger partial charge >= 0.3 is 5.97 Å². The molecule has 0 bridgehead atoms. The molecule has 0 aliphatic rings. The lowest BCUT2D eigenvalue weighted by atomic mass is 10.3. The zero-order valence-corrected chi connectivity index (χ0v) is 7.11. The smallest absolute Gasteiger partial charge is 0.374 e. The van der Waals surface area contributed by atoms with Crippen LogP contribution in [-0.4, -0.2) is 21.2 Å². The highest BCUT2D eigenvalue weighted by atomic mass is 32.1. The SMILES string of the molecule is O=C(O)c1cc(-c2cncs2)no1. The summed E-state index contributed by atoms with van der Waals surface area (Å²) >= 11 is 1.37. The Balaban J connectivity index is 2.39. The largest absolute Gasteiger partial charge is 0.475 e. The average Bonchev–Trinajstić information content (AvgIpc) is 2.75. The van der Waals surface area contributed by atoms with E-state index in [9.17, 15) is 4.79 Å². The number of carboxylic acid groups (broad SMARTS) is 1. The summed E-state index contributed by atoms with van der Waals surface area (Å²) < 4.78 is 4.58. The summed E-state index contributed by atoms with van der Waals surface area (Å²) in [6.07, 6.45) is 1.61. The van der Waals surface area contributed by atoms with Crippen LogP contribution in [0.2, 0.25) is 0 Å². The van der Waals surface area contributed by atoms with Crippen LogP contribution in [0.25, 0.3) is 10.6 Å². The number of carbonyl (C=O) groups is 1. The van der Waals surface area contributed by atoms with E-state index in [1.165, 1.54) is 17.4 Å². The topological polar surface area (TPSA) is 76.2 Å². The van der Waals surface area contributed by atoms with Gasteiger partial charge in [0, 0.05) is 12.3 Å². The normalized spacial score (nSPS) is 10.2. The van der Waals surface area contributed by atoms with Gasteiger partial charge < -0.3 is 9.63 Å².